The van der Waals surface area contributed by atoms with Gasteiger partial charge < -0.3 is 21.7 Å². The maximum Gasteiger partial charge on any atom is 0.0649 e. The van der Waals surface area contributed by atoms with E-state index in [4.69, 9.17) is 21.7 Å². The summed E-state index contributed by atoms with van der Waals surface area (Å²) in [5.74, 6) is 0. The van der Waals surface area contributed by atoms with Crippen LogP contribution in [0.1, 0.15) is 39.5 Å². The molecule has 0 atom stereocenters. The highest BCUT2D eigenvalue weighted by Crippen LogP contribution is 2.29. The van der Waals surface area contributed by atoms with Crippen molar-refractivity contribution in [3.63, 3.8) is 0 Å². The molecule has 0 heterocycles. The Morgan fingerprint density at radius 2 is 1.07 bits per heavy atom. The predicted octanol–water partition coefficient (Wildman–Crippen LogP) is -0.283. The van der Waals surface area contributed by atoms with Gasteiger partial charge >= 0.3 is 0 Å². The van der Waals surface area contributed by atoms with Crippen molar-refractivity contribution in [1.82, 2.24) is 0 Å². The van der Waals surface area contributed by atoms with E-state index in [-0.39, 0.29) is 12.1 Å². The molecule has 0 aliphatic heterocycles. The minimum Gasteiger partial charge on any atom is -0.390 e. The zero-order valence-corrected chi connectivity index (χ0v) is 9.03. The SMILES string of the molecule is CC1(O)CC(N)C1.CC1(O)CC(N)C1. The minimum absolute atomic E-state index is 0.259. The molecular formula is C10H22N2O2. The molecule has 4 nitrogen and oxygen atoms in total. The van der Waals surface area contributed by atoms with E-state index in [0.717, 1.165) is 25.7 Å². The molecule has 0 aromatic rings. The zero-order chi connectivity index (χ0) is 11.0. The van der Waals surface area contributed by atoms with Crippen LogP contribution in [0.4, 0.5) is 0 Å². The second-order valence-corrected chi connectivity index (χ2v) is 5.33. The molecule has 14 heavy (non-hydrogen) atoms. The normalized spacial score (nSPS) is 51.0. The molecule has 84 valence electrons. The number of rotatable bonds is 0. The summed E-state index contributed by atoms with van der Waals surface area (Å²) in [4.78, 5) is 0. The molecule has 4 heteroatoms. The van der Waals surface area contributed by atoms with Crippen molar-refractivity contribution in [3.05, 3.63) is 0 Å². The van der Waals surface area contributed by atoms with Crippen LogP contribution in [0.15, 0.2) is 0 Å². The van der Waals surface area contributed by atoms with E-state index < -0.39 is 11.2 Å². The van der Waals surface area contributed by atoms with Crippen LogP contribution in [-0.2, 0) is 0 Å². The van der Waals surface area contributed by atoms with E-state index in [1.807, 2.05) is 13.8 Å². The highest BCUT2D eigenvalue weighted by molar-refractivity contribution is 4.93. The Kier molecular flexibility index (Phi) is 3.21. The van der Waals surface area contributed by atoms with E-state index in [0.29, 0.717) is 0 Å². The van der Waals surface area contributed by atoms with Crippen LogP contribution in [0.5, 0.6) is 0 Å². The van der Waals surface area contributed by atoms with Gasteiger partial charge in [0.15, 0.2) is 0 Å². The van der Waals surface area contributed by atoms with Crippen molar-refractivity contribution in [1.29, 1.82) is 0 Å². The van der Waals surface area contributed by atoms with Crippen LogP contribution in [0.3, 0.4) is 0 Å². The molecule has 0 radical (unpaired) electrons. The highest BCUT2D eigenvalue weighted by Gasteiger charge is 2.36. The fourth-order valence-corrected chi connectivity index (χ4v) is 2.14. The Morgan fingerprint density at radius 3 is 1.07 bits per heavy atom. The summed E-state index contributed by atoms with van der Waals surface area (Å²) in [6, 6.07) is 0.519. The molecule has 2 saturated carbocycles. The number of aliphatic hydroxyl groups is 2. The summed E-state index contributed by atoms with van der Waals surface area (Å²) in [5, 5.41) is 18.0. The van der Waals surface area contributed by atoms with Crippen LogP contribution in [0.2, 0.25) is 0 Å². The van der Waals surface area contributed by atoms with Gasteiger partial charge in [0.2, 0.25) is 0 Å². The average molecular weight is 202 g/mol. The van der Waals surface area contributed by atoms with Gasteiger partial charge in [0.25, 0.3) is 0 Å². The van der Waals surface area contributed by atoms with E-state index in [9.17, 15) is 0 Å². The smallest absolute Gasteiger partial charge is 0.0649 e. The van der Waals surface area contributed by atoms with Crippen molar-refractivity contribution in [2.45, 2.75) is 62.8 Å². The van der Waals surface area contributed by atoms with Gasteiger partial charge in [0.1, 0.15) is 0 Å². The largest absolute Gasteiger partial charge is 0.390 e. The Balaban J connectivity index is 0.000000140. The van der Waals surface area contributed by atoms with Gasteiger partial charge in [0.05, 0.1) is 11.2 Å². The lowest BCUT2D eigenvalue weighted by Crippen LogP contribution is -2.49. The summed E-state index contributed by atoms with van der Waals surface area (Å²) in [5.41, 5.74) is 9.93. The molecule has 0 aromatic carbocycles. The van der Waals surface area contributed by atoms with Gasteiger partial charge in [-0.15, -0.1) is 0 Å². The van der Waals surface area contributed by atoms with E-state index >= 15 is 0 Å². The fourth-order valence-electron chi connectivity index (χ4n) is 2.14. The first-order valence-corrected chi connectivity index (χ1v) is 5.16. The third-order valence-corrected chi connectivity index (χ3v) is 2.81. The number of hydrogen-bond acceptors (Lipinski definition) is 4. The van der Waals surface area contributed by atoms with Crippen LogP contribution >= 0.6 is 0 Å². The lowest BCUT2D eigenvalue weighted by Gasteiger charge is -2.38. The highest BCUT2D eigenvalue weighted by atomic mass is 16.3. The van der Waals surface area contributed by atoms with Gasteiger partial charge in [-0.05, 0) is 39.5 Å². The summed E-state index contributed by atoms with van der Waals surface area (Å²) in [7, 11) is 0. The van der Waals surface area contributed by atoms with Crippen molar-refractivity contribution in [3.8, 4) is 0 Å². The standard InChI is InChI=1S/2C5H11NO/c2*1-5(7)2-4(6)3-5/h2*4,7H,2-3,6H2,1H3. The fraction of sp³-hybridized carbons (Fsp3) is 1.00. The topological polar surface area (TPSA) is 92.5 Å². The predicted molar refractivity (Wildman–Crippen MR) is 55.7 cm³/mol. The lowest BCUT2D eigenvalue weighted by molar-refractivity contribution is -0.0292. The average Bonchev–Trinajstić information content (AvgIpc) is 1.78. The van der Waals surface area contributed by atoms with E-state index in [1.54, 1.807) is 0 Å². The van der Waals surface area contributed by atoms with Crippen molar-refractivity contribution in [2.24, 2.45) is 11.5 Å². The molecule has 0 spiro atoms. The molecule has 2 fully saturated rings. The molecule has 2 rings (SSSR count). The Morgan fingerprint density at radius 1 is 0.857 bits per heavy atom. The maximum absolute atomic E-state index is 9.00. The van der Waals surface area contributed by atoms with Gasteiger partial charge in [0, 0.05) is 12.1 Å². The first kappa shape index (κ1) is 11.9. The molecular weight excluding hydrogens is 180 g/mol. The molecule has 0 saturated heterocycles. The molecule has 0 bridgehead atoms. The molecule has 2 aliphatic carbocycles. The van der Waals surface area contributed by atoms with Crippen LogP contribution < -0.4 is 11.5 Å². The molecule has 0 unspecified atom stereocenters. The third-order valence-electron chi connectivity index (χ3n) is 2.81. The first-order valence-electron chi connectivity index (χ1n) is 5.16. The molecule has 0 aromatic heterocycles. The van der Waals surface area contributed by atoms with Gasteiger partial charge in [-0.3, -0.25) is 0 Å². The third kappa shape index (κ3) is 3.53. The minimum atomic E-state index is -0.431. The number of nitrogens with two attached hydrogens (primary N) is 2. The van der Waals surface area contributed by atoms with Gasteiger partial charge in [-0.25, -0.2) is 0 Å². The monoisotopic (exact) mass is 202 g/mol. The summed E-state index contributed by atoms with van der Waals surface area (Å²) in [6.45, 7) is 3.63. The van der Waals surface area contributed by atoms with Crippen LogP contribution in [-0.4, -0.2) is 33.5 Å². The molecule has 0 amide bonds. The second-order valence-electron chi connectivity index (χ2n) is 5.33. The van der Waals surface area contributed by atoms with Gasteiger partial charge in [-0.1, -0.05) is 0 Å². The van der Waals surface area contributed by atoms with E-state index in [2.05, 4.69) is 0 Å². The lowest BCUT2D eigenvalue weighted by atomic mass is 9.78. The first-order chi connectivity index (χ1) is 6.20. The Labute approximate surface area is 85.3 Å². The van der Waals surface area contributed by atoms with Crippen LogP contribution in [0.25, 0.3) is 0 Å². The van der Waals surface area contributed by atoms with Gasteiger partial charge in [-0.2, -0.15) is 0 Å². The molecule has 6 N–H and O–H groups in total. The van der Waals surface area contributed by atoms with E-state index in [1.165, 1.54) is 0 Å². The maximum atomic E-state index is 9.00. The quantitative estimate of drug-likeness (QED) is 0.434. The Hall–Kier alpha value is -0.160. The Bertz CT molecular complexity index is 166. The molecule has 2 aliphatic rings. The van der Waals surface area contributed by atoms with Crippen LogP contribution in [0, 0.1) is 0 Å². The van der Waals surface area contributed by atoms with Crippen molar-refractivity contribution in [2.75, 3.05) is 0 Å². The van der Waals surface area contributed by atoms with Crippen molar-refractivity contribution >= 4 is 0 Å². The summed E-state index contributed by atoms with van der Waals surface area (Å²) >= 11 is 0. The number of hydrogen-bond donors (Lipinski definition) is 4. The van der Waals surface area contributed by atoms with Crippen molar-refractivity contribution < 1.29 is 10.2 Å². The summed E-state index contributed by atoms with van der Waals surface area (Å²) < 4.78 is 0. The summed E-state index contributed by atoms with van der Waals surface area (Å²) in [6.07, 6.45) is 3.08. The zero-order valence-electron chi connectivity index (χ0n) is 9.03. The second kappa shape index (κ2) is 3.77.